The number of thioether (sulfide) groups is 1. The van der Waals surface area contributed by atoms with Crippen LogP contribution < -0.4 is 10.2 Å². The van der Waals surface area contributed by atoms with Gasteiger partial charge in [-0.3, -0.25) is 4.79 Å². The fourth-order valence-corrected chi connectivity index (χ4v) is 3.21. The van der Waals surface area contributed by atoms with Crippen LogP contribution in [-0.2, 0) is 4.79 Å². The minimum atomic E-state index is 0.106. The summed E-state index contributed by atoms with van der Waals surface area (Å²) in [5.41, 5.74) is 0.814. The molecule has 1 aromatic rings. The third-order valence-corrected chi connectivity index (χ3v) is 4.70. The van der Waals surface area contributed by atoms with Crippen molar-refractivity contribution in [2.24, 2.45) is 0 Å². The second kappa shape index (κ2) is 6.82. The van der Waals surface area contributed by atoms with Gasteiger partial charge in [-0.2, -0.15) is 0 Å². The van der Waals surface area contributed by atoms with E-state index in [4.69, 9.17) is 0 Å². The summed E-state index contributed by atoms with van der Waals surface area (Å²) in [6, 6.07) is 6.70. The van der Waals surface area contributed by atoms with Crippen molar-refractivity contribution in [3.63, 3.8) is 0 Å². The quantitative estimate of drug-likeness (QED) is 0.883. The van der Waals surface area contributed by atoms with E-state index in [-0.39, 0.29) is 11.7 Å². The monoisotopic (exact) mass is 280 g/mol. The third kappa shape index (κ3) is 4.14. The molecule has 1 aliphatic heterocycles. The molecule has 0 unspecified atom stereocenters. The van der Waals surface area contributed by atoms with Crippen molar-refractivity contribution in [1.29, 1.82) is 0 Å². The maximum Gasteiger partial charge on any atom is 0.236 e. The number of rotatable bonds is 4. The number of aromatic hydroxyl groups is 1. The first-order chi connectivity index (χ1) is 9.16. The molecular formula is C14H20N2O2S. The minimum Gasteiger partial charge on any atom is -0.508 e. The summed E-state index contributed by atoms with van der Waals surface area (Å²) < 4.78 is 0. The van der Waals surface area contributed by atoms with Gasteiger partial charge in [0.1, 0.15) is 5.75 Å². The van der Waals surface area contributed by atoms with Gasteiger partial charge < -0.3 is 15.3 Å². The summed E-state index contributed by atoms with van der Waals surface area (Å²) in [5, 5.41) is 13.2. The van der Waals surface area contributed by atoms with E-state index in [1.165, 1.54) is 0 Å². The lowest BCUT2D eigenvalue weighted by Crippen LogP contribution is -2.32. The van der Waals surface area contributed by atoms with Gasteiger partial charge in [-0.1, -0.05) is 0 Å². The largest absolute Gasteiger partial charge is 0.508 e. The van der Waals surface area contributed by atoms with Gasteiger partial charge in [0.15, 0.2) is 0 Å². The van der Waals surface area contributed by atoms with Crippen molar-refractivity contribution in [1.82, 2.24) is 5.32 Å². The summed E-state index contributed by atoms with van der Waals surface area (Å²) in [5.74, 6) is 0.838. The maximum atomic E-state index is 12.1. The first-order valence-electron chi connectivity index (χ1n) is 6.55. The predicted octanol–water partition coefficient (Wildman–Crippen LogP) is 1.84. The van der Waals surface area contributed by atoms with Crippen LogP contribution in [0.25, 0.3) is 0 Å². The summed E-state index contributed by atoms with van der Waals surface area (Å²) in [6.07, 6.45) is 2.28. The average molecular weight is 280 g/mol. The zero-order valence-corrected chi connectivity index (χ0v) is 11.9. The Hall–Kier alpha value is -1.20. The van der Waals surface area contributed by atoms with Crippen LogP contribution in [0.15, 0.2) is 24.3 Å². The van der Waals surface area contributed by atoms with E-state index < -0.39 is 0 Å². The van der Waals surface area contributed by atoms with Gasteiger partial charge in [0.2, 0.25) is 5.91 Å². The molecular weight excluding hydrogens is 260 g/mol. The van der Waals surface area contributed by atoms with Gasteiger partial charge >= 0.3 is 0 Å². The molecule has 0 saturated carbocycles. The van der Waals surface area contributed by atoms with Crippen LogP contribution in [0.3, 0.4) is 0 Å². The molecule has 1 aliphatic rings. The van der Waals surface area contributed by atoms with E-state index in [1.807, 2.05) is 0 Å². The van der Waals surface area contributed by atoms with Crippen LogP contribution in [0.1, 0.15) is 12.8 Å². The molecule has 1 aromatic carbocycles. The summed E-state index contributed by atoms with van der Waals surface area (Å²) in [6.45, 7) is 2.11. The standard InChI is InChI=1S/C14H20N2O2S/c1-16(11-2-4-12(17)5-3-11)14(18)10-19-13-6-8-15-9-7-13/h2-5,13,15,17H,6-10H2,1H3. The van der Waals surface area contributed by atoms with Crippen LogP contribution in [0.2, 0.25) is 0 Å². The lowest BCUT2D eigenvalue weighted by molar-refractivity contribution is -0.115. The number of benzene rings is 1. The molecule has 0 radical (unpaired) electrons. The van der Waals surface area contributed by atoms with Crippen LogP contribution in [0, 0.1) is 0 Å². The Bertz CT molecular complexity index is 416. The van der Waals surface area contributed by atoms with Crippen LogP contribution in [0.4, 0.5) is 5.69 Å². The summed E-state index contributed by atoms with van der Waals surface area (Å²) >= 11 is 1.75. The molecule has 2 rings (SSSR count). The second-order valence-corrected chi connectivity index (χ2v) is 6.02. The molecule has 1 saturated heterocycles. The number of amides is 1. The highest BCUT2D eigenvalue weighted by Crippen LogP contribution is 2.22. The Labute approximate surface area is 118 Å². The van der Waals surface area contributed by atoms with Crippen molar-refractivity contribution in [3.8, 4) is 5.75 Å². The molecule has 0 aliphatic carbocycles. The number of hydrogen-bond donors (Lipinski definition) is 2. The minimum absolute atomic E-state index is 0.106. The zero-order valence-electron chi connectivity index (χ0n) is 11.1. The Kier molecular flexibility index (Phi) is 5.10. The van der Waals surface area contributed by atoms with Gasteiger partial charge in [0.05, 0.1) is 5.75 Å². The molecule has 5 heteroatoms. The van der Waals surface area contributed by atoms with E-state index in [0.29, 0.717) is 11.0 Å². The number of piperidine rings is 1. The smallest absolute Gasteiger partial charge is 0.236 e. The second-order valence-electron chi connectivity index (χ2n) is 4.73. The van der Waals surface area contributed by atoms with E-state index in [2.05, 4.69) is 5.32 Å². The number of carbonyl (C=O) groups is 1. The van der Waals surface area contributed by atoms with Crippen molar-refractivity contribution in [2.75, 3.05) is 30.8 Å². The first-order valence-corrected chi connectivity index (χ1v) is 7.59. The van der Waals surface area contributed by atoms with Crippen LogP contribution >= 0.6 is 11.8 Å². The van der Waals surface area contributed by atoms with Gasteiger partial charge in [-0.25, -0.2) is 0 Å². The third-order valence-electron chi connectivity index (χ3n) is 3.34. The fraction of sp³-hybridized carbons (Fsp3) is 0.500. The topological polar surface area (TPSA) is 52.6 Å². The molecule has 1 amide bonds. The Morgan fingerprint density at radius 1 is 1.37 bits per heavy atom. The first kappa shape index (κ1) is 14.2. The van der Waals surface area contributed by atoms with Gasteiger partial charge in [-0.05, 0) is 50.2 Å². The number of carbonyl (C=O) groups excluding carboxylic acids is 1. The maximum absolute atomic E-state index is 12.1. The molecule has 0 bridgehead atoms. The molecule has 0 aromatic heterocycles. The number of phenolic OH excluding ortho intramolecular Hbond substituents is 1. The highest BCUT2D eigenvalue weighted by atomic mass is 32.2. The number of phenols is 1. The van der Waals surface area contributed by atoms with Crippen molar-refractivity contribution < 1.29 is 9.90 Å². The molecule has 1 fully saturated rings. The van der Waals surface area contributed by atoms with Crippen molar-refractivity contribution in [2.45, 2.75) is 18.1 Å². The van der Waals surface area contributed by atoms with Gasteiger partial charge in [0, 0.05) is 18.0 Å². The number of nitrogens with one attached hydrogen (secondary N) is 1. The summed E-state index contributed by atoms with van der Waals surface area (Å²) in [7, 11) is 1.78. The van der Waals surface area contributed by atoms with Crippen molar-refractivity contribution in [3.05, 3.63) is 24.3 Å². The normalized spacial score (nSPS) is 16.3. The summed E-state index contributed by atoms with van der Waals surface area (Å²) in [4.78, 5) is 13.7. The Balaban J connectivity index is 1.83. The SMILES string of the molecule is CN(C(=O)CSC1CCNCC1)c1ccc(O)cc1. The molecule has 0 atom stereocenters. The van der Waals surface area contributed by atoms with E-state index in [0.717, 1.165) is 31.6 Å². The Morgan fingerprint density at radius 3 is 2.63 bits per heavy atom. The lowest BCUT2D eigenvalue weighted by atomic mass is 10.2. The fourth-order valence-electron chi connectivity index (χ4n) is 2.07. The molecule has 104 valence electrons. The van der Waals surface area contributed by atoms with E-state index in [9.17, 15) is 9.90 Å². The van der Waals surface area contributed by atoms with E-state index in [1.54, 1.807) is 48.0 Å². The zero-order chi connectivity index (χ0) is 13.7. The average Bonchev–Trinajstić information content (AvgIpc) is 2.46. The number of anilines is 1. The lowest BCUT2D eigenvalue weighted by Gasteiger charge is -2.23. The molecule has 0 spiro atoms. The van der Waals surface area contributed by atoms with E-state index >= 15 is 0 Å². The highest BCUT2D eigenvalue weighted by molar-refractivity contribution is 8.00. The number of nitrogens with zero attached hydrogens (tertiary/aromatic N) is 1. The molecule has 1 heterocycles. The Morgan fingerprint density at radius 2 is 2.00 bits per heavy atom. The van der Waals surface area contributed by atoms with Crippen LogP contribution in [0.5, 0.6) is 5.75 Å². The van der Waals surface area contributed by atoms with Crippen LogP contribution in [-0.4, -0.2) is 42.2 Å². The van der Waals surface area contributed by atoms with Crippen molar-refractivity contribution >= 4 is 23.4 Å². The molecule has 2 N–H and O–H groups in total. The molecule has 4 nitrogen and oxygen atoms in total. The van der Waals surface area contributed by atoms with Gasteiger partial charge in [0.25, 0.3) is 0 Å². The predicted molar refractivity (Wildman–Crippen MR) is 79.9 cm³/mol. The van der Waals surface area contributed by atoms with Gasteiger partial charge in [-0.15, -0.1) is 11.8 Å². The number of hydrogen-bond acceptors (Lipinski definition) is 4. The molecule has 19 heavy (non-hydrogen) atoms. The highest BCUT2D eigenvalue weighted by Gasteiger charge is 2.17.